The van der Waals surface area contributed by atoms with E-state index in [1.165, 1.54) is 19.3 Å². The summed E-state index contributed by atoms with van der Waals surface area (Å²) in [4.78, 5) is 2.27. The first-order valence-electron chi connectivity index (χ1n) is 5.84. The Morgan fingerprint density at radius 1 is 1.38 bits per heavy atom. The van der Waals surface area contributed by atoms with Gasteiger partial charge in [0.25, 0.3) is 0 Å². The number of benzene rings is 1. The van der Waals surface area contributed by atoms with Crippen molar-refractivity contribution in [3.63, 3.8) is 0 Å². The van der Waals surface area contributed by atoms with Crippen LogP contribution in [0.15, 0.2) is 18.2 Å². The maximum absolute atomic E-state index is 5.84. The molecule has 3 nitrogen and oxygen atoms in total. The van der Waals surface area contributed by atoms with Crippen molar-refractivity contribution in [1.82, 2.24) is 0 Å². The van der Waals surface area contributed by atoms with E-state index in [2.05, 4.69) is 11.9 Å². The van der Waals surface area contributed by atoms with Crippen molar-refractivity contribution in [1.29, 1.82) is 0 Å². The normalized spacial score (nSPS) is 15.6. The molecule has 0 aromatic heterocycles. The molecule has 0 unspecified atom stereocenters. The van der Waals surface area contributed by atoms with Crippen LogP contribution in [-0.2, 0) is 0 Å². The van der Waals surface area contributed by atoms with Crippen molar-refractivity contribution >= 4 is 11.4 Å². The van der Waals surface area contributed by atoms with E-state index in [0.29, 0.717) is 0 Å². The van der Waals surface area contributed by atoms with Gasteiger partial charge in [-0.25, -0.2) is 0 Å². The Labute approximate surface area is 97.2 Å². The molecule has 0 aliphatic heterocycles. The number of nitrogens with two attached hydrogens (primary N) is 1. The van der Waals surface area contributed by atoms with Gasteiger partial charge >= 0.3 is 0 Å². The summed E-state index contributed by atoms with van der Waals surface area (Å²) in [6, 6.07) is 5.89. The third-order valence-corrected chi connectivity index (χ3v) is 3.35. The predicted octanol–water partition coefficient (Wildman–Crippen LogP) is 2.51. The number of ether oxygens (including phenoxy) is 1. The molecule has 2 rings (SSSR count). The Hall–Kier alpha value is -1.38. The van der Waals surface area contributed by atoms with E-state index in [-0.39, 0.29) is 0 Å². The van der Waals surface area contributed by atoms with Gasteiger partial charge in [0.05, 0.1) is 7.11 Å². The topological polar surface area (TPSA) is 38.5 Å². The van der Waals surface area contributed by atoms with Crippen LogP contribution in [0.25, 0.3) is 0 Å². The van der Waals surface area contributed by atoms with E-state index in [4.69, 9.17) is 10.5 Å². The molecule has 1 aromatic rings. The minimum Gasteiger partial charge on any atom is -0.497 e. The van der Waals surface area contributed by atoms with Gasteiger partial charge in [-0.1, -0.05) is 6.42 Å². The van der Waals surface area contributed by atoms with Gasteiger partial charge in [-0.05, 0) is 24.8 Å². The van der Waals surface area contributed by atoms with Crippen LogP contribution in [0.1, 0.15) is 19.3 Å². The summed E-state index contributed by atoms with van der Waals surface area (Å²) in [5.74, 6) is 1.69. The van der Waals surface area contributed by atoms with Crippen LogP contribution in [0.4, 0.5) is 11.4 Å². The number of hydrogen-bond donors (Lipinski definition) is 1. The molecule has 1 fully saturated rings. The van der Waals surface area contributed by atoms with Crippen molar-refractivity contribution in [2.75, 3.05) is 31.3 Å². The molecule has 1 aliphatic carbocycles. The Morgan fingerprint density at radius 3 is 2.69 bits per heavy atom. The lowest BCUT2D eigenvalue weighted by Gasteiger charge is -2.31. The number of methoxy groups -OCH3 is 1. The number of hydrogen-bond acceptors (Lipinski definition) is 3. The second-order valence-corrected chi connectivity index (χ2v) is 4.64. The third-order valence-electron chi connectivity index (χ3n) is 3.35. The zero-order valence-corrected chi connectivity index (χ0v) is 10.1. The smallest absolute Gasteiger partial charge is 0.122 e. The molecule has 1 saturated carbocycles. The van der Waals surface area contributed by atoms with Gasteiger partial charge in [0.1, 0.15) is 5.75 Å². The van der Waals surface area contributed by atoms with Gasteiger partial charge in [0.15, 0.2) is 0 Å². The molecule has 0 radical (unpaired) electrons. The molecule has 0 saturated heterocycles. The van der Waals surface area contributed by atoms with Crippen LogP contribution in [0.3, 0.4) is 0 Å². The lowest BCUT2D eigenvalue weighted by atomic mass is 9.85. The Kier molecular flexibility index (Phi) is 3.22. The first kappa shape index (κ1) is 11.1. The quantitative estimate of drug-likeness (QED) is 0.792. The van der Waals surface area contributed by atoms with Crippen molar-refractivity contribution in [2.24, 2.45) is 5.92 Å². The Morgan fingerprint density at radius 2 is 2.12 bits per heavy atom. The zero-order chi connectivity index (χ0) is 11.5. The minimum atomic E-state index is 0.759. The lowest BCUT2D eigenvalue weighted by molar-refractivity contribution is 0.321. The molecule has 88 valence electrons. The van der Waals surface area contributed by atoms with E-state index >= 15 is 0 Å². The minimum absolute atomic E-state index is 0.759. The molecule has 0 amide bonds. The van der Waals surface area contributed by atoms with Crippen LogP contribution >= 0.6 is 0 Å². The van der Waals surface area contributed by atoms with Crippen LogP contribution < -0.4 is 15.4 Å². The summed E-state index contributed by atoms with van der Waals surface area (Å²) in [6.07, 6.45) is 4.12. The summed E-state index contributed by atoms with van der Waals surface area (Å²) in [5.41, 5.74) is 7.74. The largest absolute Gasteiger partial charge is 0.497 e. The van der Waals surface area contributed by atoms with Gasteiger partial charge in [0, 0.05) is 37.1 Å². The molecule has 0 atom stereocenters. The van der Waals surface area contributed by atoms with Crippen LogP contribution in [0.5, 0.6) is 5.75 Å². The zero-order valence-electron chi connectivity index (χ0n) is 10.1. The van der Waals surface area contributed by atoms with Gasteiger partial charge in [0.2, 0.25) is 0 Å². The van der Waals surface area contributed by atoms with Crippen LogP contribution in [0.2, 0.25) is 0 Å². The molecule has 0 bridgehead atoms. The number of nitrogen functional groups attached to an aromatic ring is 1. The summed E-state index contributed by atoms with van der Waals surface area (Å²) in [5, 5.41) is 0. The van der Waals surface area contributed by atoms with Crippen LogP contribution in [0, 0.1) is 5.92 Å². The molecule has 0 heterocycles. The summed E-state index contributed by atoms with van der Waals surface area (Å²) in [6.45, 7) is 1.12. The fourth-order valence-corrected chi connectivity index (χ4v) is 2.11. The van der Waals surface area contributed by atoms with Gasteiger partial charge in [-0.2, -0.15) is 0 Å². The van der Waals surface area contributed by atoms with Crippen LogP contribution in [-0.4, -0.2) is 20.7 Å². The third kappa shape index (κ3) is 2.40. The molecule has 2 N–H and O–H groups in total. The lowest BCUT2D eigenvalue weighted by Crippen LogP contribution is -2.29. The molecule has 16 heavy (non-hydrogen) atoms. The standard InChI is InChI=1S/C13H20N2O/c1-15(9-10-4-3-5-10)12-6-11(14)7-13(8-12)16-2/h6-8,10H,3-5,9,14H2,1-2H3. The highest BCUT2D eigenvalue weighted by Crippen LogP contribution is 2.30. The van der Waals surface area contributed by atoms with E-state index in [9.17, 15) is 0 Å². The molecule has 1 aromatic carbocycles. The second-order valence-electron chi connectivity index (χ2n) is 4.64. The van der Waals surface area contributed by atoms with E-state index < -0.39 is 0 Å². The molecule has 0 spiro atoms. The van der Waals surface area contributed by atoms with Gasteiger partial charge < -0.3 is 15.4 Å². The number of rotatable bonds is 4. The maximum atomic E-state index is 5.84. The number of nitrogens with zero attached hydrogens (tertiary/aromatic N) is 1. The van der Waals surface area contributed by atoms with Crippen molar-refractivity contribution in [3.8, 4) is 5.75 Å². The fraction of sp³-hybridized carbons (Fsp3) is 0.538. The summed E-state index contributed by atoms with van der Waals surface area (Å²) in [7, 11) is 3.79. The van der Waals surface area contributed by atoms with E-state index in [1.807, 2.05) is 18.2 Å². The highest BCUT2D eigenvalue weighted by Gasteiger charge is 2.19. The van der Waals surface area contributed by atoms with Gasteiger partial charge in [-0.3, -0.25) is 0 Å². The Balaban J connectivity index is 2.08. The molecule has 1 aliphatic rings. The summed E-state index contributed by atoms with van der Waals surface area (Å²) < 4.78 is 5.22. The molecule has 3 heteroatoms. The first-order chi connectivity index (χ1) is 7.69. The highest BCUT2D eigenvalue weighted by molar-refractivity contribution is 5.60. The average molecular weight is 220 g/mol. The summed E-state index contributed by atoms with van der Waals surface area (Å²) >= 11 is 0. The van der Waals surface area contributed by atoms with E-state index in [0.717, 1.165) is 29.6 Å². The average Bonchev–Trinajstić information content (AvgIpc) is 2.22. The van der Waals surface area contributed by atoms with E-state index in [1.54, 1.807) is 7.11 Å². The fourth-order valence-electron chi connectivity index (χ4n) is 2.11. The van der Waals surface area contributed by atoms with Crippen molar-refractivity contribution < 1.29 is 4.74 Å². The number of anilines is 2. The molecular weight excluding hydrogens is 200 g/mol. The first-order valence-corrected chi connectivity index (χ1v) is 5.84. The predicted molar refractivity (Wildman–Crippen MR) is 68.0 cm³/mol. The highest BCUT2D eigenvalue weighted by atomic mass is 16.5. The van der Waals surface area contributed by atoms with Crippen molar-refractivity contribution in [2.45, 2.75) is 19.3 Å². The molecular formula is C13H20N2O. The SMILES string of the molecule is COc1cc(N)cc(N(C)CC2CCC2)c1. The van der Waals surface area contributed by atoms with Crippen molar-refractivity contribution in [3.05, 3.63) is 18.2 Å². The van der Waals surface area contributed by atoms with Gasteiger partial charge in [-0.15, -0.1) is 0 Å². The second kappa shape index (κ2) is 4.64. The maximum Gasteiger partial charge on any atom is 0.122 e. The Bertz CT molecular complexity index is 361. The monoisotopic (exact) mass is 220 g/mol.